The molecule has 0 bridgehead atoms. The smallest absolute Gasteiger partial charge is 0.307 e. The highest BCUT2D eigenvalue weighted by molar-refractivity contribution is 5.94. The molecular weight excluding hydrogens is 239 g/mol. The highest BCUT2D eigenvalue weighted by atomic mass is 19.1. The van der Waals surface area contributed by atoms with Crippen molar-refractivity contribution in [3.63, 3.8) is 0 Å². The maximum atomic E-state index is 13.4. The number of methoxy groups -OCH3 is 1. The Morgan fingerprint density at radius 2 is 2.22 bits per heavy atom. The van der Waals surface area contributed by atoms with Gasteiger partial charge in [-0.25, -0.2) is 4.98 Å². The first-order chi connectivity index (χ1) is 8.60. The molecule has 0 aromatic carbocycles. The fourth-order valence-corrected chi connectivity index (χ4v) is 1.45. The lowest BCUT2D eigenvalue weighted by molar-refractivity contribution is -0.140. The van der Waals surface area contributed by atoms with Crippen molar-refractivity contribution in [3.05, 3.63) is 29.8 Å². The summed E-state index contributed by atoms with van der Waals surface area (Å²) >= 11 is 0. The monoisotopic (exact) mass is 254 g/mol. The normalized spacial score (nSPS) is 9.94. The second kappa shape index (κ2) is 6.68. The van der Waals surface area contributed by atoms with Crippen LogP contribution in [0.5, 0.6) is 0 Å². The molecule has 98 valence electrons. The van der Waals surface area contributed by atoms with Crippen molar-refractivity contribution in [2.24, 2.45) is 0 Å². The van der Waals surface area contributed by atoms with Gasteiger partial charge in [0, 0.05) is 19.3 Å². The number of rotatable bonds is 5. The molecule has 6 heteroatoms. The Bertz CT molecular complexity index is 437. The molecule has 1 rings (SSSR count). The van der Waals surface area contributed by atoms with Crippen molar-refractivity contribution in [1.82, 2.24) is 9.88 Å². The average molecular weight is 254 g/mol. The van der Waals surface area contributed by atoms with Crippen LogP contribution in [0.3, 0.4) is 0 Å². The summed E-state index contributed by atoms with van der Waals surface area (Å²) in [5.74, 6) is -1.70. The molecular formula is C12H15FN2O3. The fraction of sp³-hybridized carbons (Fsp3) is 0.417. The van der Waals surface area contributed by atoms with Crippen LogP contribution in [0.2, 0.25) is 0 Å². The lowest BCUT2D eigenvalue weighted by Gasteiger charge is -2.20. The number of hydrogen-bond donors (Lipinski definition) is 0. The number of nitrogens with zero attached hydrogens (tertiary/aromatic N) is 2. The zero-order chi connectivity index (χ0) is 13.5. The van der Waals surface area contributed by atoms with Gasteiger partial charge in [-0.05, 0) is 19.1 Å². The van der Waals surface area contributed by atoms with Crippen LogP contribution in [-0.2, 0) is 9.53 Å². The molecule has 0 saturated carbocycles. The molecule has 0 N–H and O–H groups in total. The second-order valence-electron chi connectivity index (χ2n) is 3.55. The molecule has 1 aromatic heterocycles. The van der Waals surface area contributed by atoms with Crippen molar-refractivity contribution in [1.29, 1.82) is 0 Å². The fourth-order valence-electron chi connectivity index (χ4n) is 1.45. The Morgan fingerprint density at radius 1 is 1.50 bits per heavy atom. The minimum atomic E-state index is -0.806. The minimum Gasteiger partial charge on any atom is -0.469 e. The van der Waals surface area contributed by atoms with Crippen LogP contribution < -0.4 is 0 Å². The number of amides is 1. The van der Waals surface area contributed by atoms with Gasteiger partial charge in [0.2, 0.25) is 5.95 Å². The Morgan fingerprint density at radius 3 is 2.78 bits per heavy atom. The summed E-state index contributed by atoms with van der Waals surface area (Å²) in [6, 6.07) is 2.86. The van der Waals surface area contributed by atoms with Gasteiger partial charge in [-0.2, -0.15) is 4.39 Å². The van der Waals surface area contributed by atoms with Crippen molar-refractivity contribution in [2.75, 3.05) is 20.2 Å². The lowest BCUT2D eigenvalue weighted by Crippen LogP contribution is -2.33. The van der Waals surface area contributed by atoms with Crippen LogP contribution >= 0.6 is 0 Å². The van der Waals surface area contributed by atoms with Gasteiger partial charge in [0.05, 0.1) is 19.1 Å². The topological polar surface area (TPSA) is 59.5 Å². The first kappa shape index (κ1) is 14.1. The first-order valence-electron chi connectivity index (χ1n) is 5.56. The zero-order valence-electron chi connectivity index (χ0n) is 10.4. The third kappa shape index (κ3) is 3.51. The number of hydrogen-bond acceptors (Lipinski definition) is 4. The molecule has 1 aromatic rings. The van der Waals surface area contributed by atoms with Crippen molar-refractivity contribution in [3.8, 4) is 0 Å². The van der Waals surface area contributed by atoms with Crippen LogP contribution in [0.1, 0.15) is 23.7 Å². The van der Waals surface area contributed by atoms with Gasteiger partial charge in [0.25, 0.3) is 5.91 Å². The Balaban J connectivity index is 2.74. The van der Waals surface area contributed by atoms with E-state index in [0.717, 1.165) is 0 Å². The first-order valence-corrected chi connectivity index (χ1v) is 5.56. The molecule has 18 heavy (non-hydrogen) atoms. The summed E-state index contributed by atoms with van der Waals surface area (Å²) in [5, 5.41) is 0. The molecule has 0 aliphatic carbocycles. The number of halogens is 1. The van der Waals surface area contributed by atoms with Crippen LogP contribution in [-0.4, -0.2) is 42.0 Å². The third-order valence-electron chi connectivity index (χ3n) is 2.47. The SMILES string of the molecule is CCN(CCC(=O)OC)C(=O)c1cccnc1F. The Labute approximate surface area is 105 Å². The number of carbonyl (C=O) groups excluding carboxylic acids is 2. The van der Waals surface area contributed by atoms with Gasteiger partial charge in [-0.15, -0.1) is 0 Å². The van der Waals surface area contributed by atoms with E-state index < -0.39 is 17.8 Å². The summed E-state index contributed by atoms with van der Waals surface area (Å²) in [6.45, 7) is 2.32. The second-order valence-corrected chi connectivity index (χ2v) is 3.55. The van der Waals surface area contributed by atoms with E-state index in [1.54, 1.807) is 6.92 Å². The molecule has 0 aliphatic rings. The van der Waals surface area contributed by atoms with Gasteiger partial charge in [0.1, 0.15) is 0 Å². The lowest BCUT2D eigenvalue weighted by atomic mass is 10.2. The molecule has 0 spiro atoms. The Hall–Kier alpha value is -1.98. The van der Waals surface area contributed by atoms with Gasteiger partial charge in [0.15, 0.2) is 0 Å². The molecule has 0 saturated heterocycles. The Kier molecular flexibility index (Phi) is 5.23. The maximum absolute atomic E-state index is 13.4. The highest BCUT2D eigenvalue weighted by Crippen LogP contribution is 2.08. The largest absolute Gasteiger partial charge is 0.469 e. The molecule has 1 heterocycles. The molecule has 0 fully saturated rings. The van der Waals surface area contributed by atoms with E-state index >= 15 is 0 Å². The summed E-state index contributed by atoms with van der Waals surface area (Å²) in [6.07, 6.45) is 1.36. The van der Waals surface area contributed by atoms with Gasteiger partial charge < -0.3 is 9.64 Å². The van der Waals surface area contributed by atoms with Crippen LogP contribution in [0.15, 0.2) is 18.3 Å². The van der Waals surface area contributed by atoms with E-state index in [4.69, 9.17) is 0 Å². The van der Waals surface area contributed by atoms with E-state index in [2.05, 4.69) is 9.72 Å². The summed E-state index contributed by atoms with van der Waals surface area (Å²) in [5.41, 5.74) is -0.0933. The minimum absolute atomic E-state index is 0.0813. The van der Waals surface area contributed by atoms with E-state index in [1.165, 1.54) is 30.3 Å². The van der Waals surface area contributed by atoms with Crippen LogP contribution in [0.4, 0.5) is 4.39 Å². The molecule has 5 nitrogen and oxygen atoms in total. The summed E-state index contributed by atoms with van der Waals surface area (Å²) < 4.78 is 17.8. The number of aromatic nitrogens is 1. The van der Waals surface area contributed by atoms with Crippen LogP contribution in [0.25, 0.3) is 0 Å². The molecule has 0 unspecified atom stereocenters. The van der Waals surface area contributed by atoms with Crippen LogP contribution in [0, 0.1) is 5.95 Å². The number of ether oxygens (including phenoxy) is 1. The summed E-state index contributed by atoms with van der Waals surface area (Å²) in [7, 11) is 1.28. The molecule has 1 amide bonds. The van der Waals surface area contributed by atoms with Crippen molar-refractivity contribution >= 4 is 11.9 Å². The predicted molar refractivity (Wildman–Crippen MR) is 62.4 cm³/mol. The predicted octanol–water partition coefficient (Wildman–Crippen LogP) is 1.25. The standard InChI is InChI=1S/C12H15FN2O3/c1-3-15(8-6-10(16)18-2)12(17)9-5-4-7-14-11(9)13/h4-5,7H,3,6,8H2,1-2H3. The van der Waals surface area contributed by atoms with E-state index in [9.17, 15) is 14.0 Å². The molecule has 0 radical (unpaired) electrons. The van der Waals surface area contributed by atoms with Gasteiger partial charge >= 0.3 is 5.97 Å². The van der Waals surface area contributed by atoms with Crippen molar-refractivity contribution < 1.29 is 18.7 Å². The van der Waals surface area contributed by atoms with E-state index in [-0.39, 0.29) is 18.5 Å². The molecule has 0 atom stereocenters. The van der Waals surface area contributed by atoms with E-state index in [0.29, 0.717) is 6.54 Å². The number of carbonyl (C=O) groups is 2. The average Bonchev–Trinajstić information content (AvgIpc) is 2.39. The van der Waals surface area contributed by atoms with Gasteiger partial charge in [-0.1, -0.05) is 0 Å². The van der Waals surface area contributed by atoms with Crippen molar-refractivity contribution in [2.45, 2.75) is 13.3 Å². The zero-order valence-corrected chi connectivity index (χ0v) is 10.4. The highest BCUT2D eigenvalue weighted by Gasteiger charge is 2.19. The maximum Gasteiger partial charge on any atom is 0.307 e. The molecule has 0 aliphatic heterocycles. The number of esters is 1. The number of pyridine rings is 1. The third-order valence-corrected chi connectivity index (χ3v) is 2.47. The van der Waals surface area contributed by atoms with E-state index in [1.807, 2.05) is 0 Å². The summed E-state index contributed by atoms with van der Waals surface area (Å²) in [4.78, 5) is 27.8. The van der Waals surface area contributed by atoms with Gasteiger partial charge in [-0.3, -0.25) is 9.59 Å². The quantitative estimate of drug-likeness (QED) is 0.586.